The summed E-state index contributed by atoms with van der Waals surface area (Å²) in [5.41, 5.74) is 4.35. The Morgan fingerprint density at radius 1 is 0.968 bits per heavy atom. The SMILES string of the molecule is CN1C(=O)CC(c2ccc(OCc3cccc(Cl)c3)cc2)c2c1ccc1ccccc21. The first-order valence-electron chi connectivity index (χ1n) is 10.4. The van der Waals surface area contributed by atoms with Crippen molar-refractivity contribution >= 4 is 34.0 Å². The fraction of sp³-hybridized carbons (Fsp3) is 0.148. The minimum Gasteiger partial charge on any atom is -0.489 e. The zero-order valence-electron chi connectivity index (χ0n) is 17.2. The number of nitrogens with zero attached hydrogens (tertiary/aromatic N) is 1. The second kappa shape index (κ2) is 8.09. The van der Waals surface area contributed by atoms with Crippen LogP contribution in [0.15, 0.2) is 84.9 Å². The van der Waals surface area contributed by atoms with Crippen LogP contribution in [0.5, 0.6) is 5.75 Å². The summed E-state index contributed by atoms with van der Waals surface area (Å²) in [6, 6.07) is 28.3. The zero-order valence-corrected chi connectivity index (χ0v) is 18.0. The summed E-state index contributed by atoms with van der Waals surface area (Å²) in [6.07, 6.45) is 0.459. The number of carbonyl (C=O) groups excluding carboxylic acids is 1. The second-order valence-electron chi connectivity index (χ2n) is 7.92. The highest BCUT2D eigenvalue weighted by atomic mass is 35.5. The normalized spacial score (nSPS) is 15.7. The van der Waals surface area contributed by atoms with Gasteiger partial charge in [0.05, 0.1) is 0 Å². The van der Waals surface area contributed by atoms with Gasteiger partial charge in [-0.3, -0.25) is 4.79 Å². The molecule has 0 bridgehead atoms. The van der Waals surface area contributed by atoms with Crippen LogP contribution in [-0.4, -0.2) is 13.0 Å². The van der Waals surface area contributed by atoms with Gasteiger partial charge in [-0.1, -0.05) is 66.2 Å². The molecular formula is C27H22ClNO2. The van der Waals surface area contributed by atoms with Gasteiger partial charge in [-0.2, -0.15) is 0 Å². The van der Waals surface area contributed by atoms with Crippen LogP contribution in [0.2, 0.25) is 5.02 Å². The van der Waals surface area contributed by atoms with Crippen LogP contribution in [0.25, 0.3) is 10.8 Å². The number of benzene rings is 4. The lowest BCUT2D eigenvalue weighted by Crippen LogP contribution is -2.33. The van der Waals surface area contributed by atoms with Gasteiger partial charge in [-0.05, 0) is 57.8 Å². The molecule has 1 aliphatic heterocycles. The monoisotopic (exact) mass is 427 g/mol. The molecular weight excluding hydrogens is 406 g/mol. The molecule has 1 aliphatic rings. The first-order chi connectivity index (χ1) is 15.1. The van der Waals surface area contributed by atoms with E-state index < -0.39 is 0 Å². The van der Waals surface area contributed by atoms with E-state index in [4.69, 9.17) is 16.3 Å². The van der Waals surface area contributed by atoms with Crippen molar-refractivity contribution in [3.05, 3.63) is 107 Å². The molecule has 1 heterocycles. The van der Waals surface area contributed by atoms with E-state index in [0.717, 1.165) is 22.6 Å². The van der Waals surface area contributed by atoms with Gasteiger partial charge in [0.25, 0.3) is 0 Å². The molecule has 0 saturated carbocycles. The number of ether oxygens (including phenoxy) is 1. The molecule has 3 nitrogen and oxygen atoms in total. The van der Waals surface area contributed by atoms with Gasteiger partial charge in [0, 0.05) is 30.1 Å². The smallest absolute Gasteiger partial charge is 0.227 e. The highest BCUT2D eigenvalue weighted by molar-refractivity contribution is 6.30. The first kappa shape index (κ1) is 19.7. The standard InChI is InChI=1S/C27H22ClNO2/c1-29-25-14-11-19-6-2-3-8-23(19)27(25)24(16-26(29)30)20-9-12-22(13-10-20)31-17-18-5-4-7-21(28)15-18/h2-15,24H,16-17H2,1H3. The van der Waals surface area contributed by atoms with E-state index >= 15 is 0 Å². The van der Waals surface area contributed by atoms with E-state index in [0.29, 0.717) is 18.1 Å². The maximum absolute atomic E-state index is 12.7. The van der Waals surface area contributed by atoms with Crippen molar-refractivity contribution in [3.8, 4) is 5.75 Å². The summed E-state index contributed by atoms with van der Waals surface area (Å²) < 4.78 is 5.93. The Balaban J connectivity index is 1.46. The topological polar surface area (TPSA) is 29.5 Å². The molecule has 5 rings (SSSR count). The molecule has 4 heteroatoms. The van der Waals surface area contributed by atoms with Crippen LogP contribution in [0.4, 0.5) is 5.69 Å². The van der Waals surface area contributed by atoms with Crippen LogP contribution < -0.4 is 9.64 Å². The number of rotatable bonds is 4. The van der Waals surface area contributed by atoms with E-state index in [1.165, 1.54) is 16.3 Å². The summed E-state index contributed by atoms with van der Waals surface area (Å²) in [4.78, 5) is 14.5. The fourth-order valence-electron chi connectivity index (χ4n) is 4.37. The zero-order chi connectivity index (χ0) is 21.4. The number of anilines is 1. The Labute approximate surface area is 186 Å². The minimum absolute atomic E-state index is 0.0202. The Morgan fingerprint density at radius 2 is 1.77 bits per heavy atom. The van der Waals surface area contributed by atoms with Gasteiger partial charge in [-0.15, -0.1) is 0 Å². The summed E-state index contributed by atoms with van der Waals surface area (Å²) in [5, 5.41) is 3.09. The molecule has 0 aliphatic carbocycles. The lowest BCUT2D eigenvalue weighted by Gasteiger charge is -2.33. The Morgan fingerprint density at radius 3 is 2.58 bits per heavy atom. The number of halogens is 1. The third-order valence-corrected chi connectivity index (χ3v) is 6.22. The highest BCUT2D eigenvalue weighted by Crippen LogP contribution is 2.43. The van der Waals surface area contributed by atoms with Gasteiger partial charge in [0.2, 0.25) is 5.91 Å². The Bertz CT molecular complexity index is 1270. The van der Waals surface area contributed by atoms with E-state index in [1.807, 2.05) is 49.5 Å². The summed E-state index contributed by atoms with van der Waals surface area (Å²) in [7, 11) is 1.86. The largest absolute Gasteiger partial charge is 0.489 e. The van der Waals surface area contributed by atoms with Crippen LogP contribution in [0, 0.1) is 0 Å². The van der Waals surface area contributed by atoms with Gasteiger partial charge in [0.15, 0.2) is 0 Å². The second-order valence-corrected chi connectivity index (χ2v) is 8.35. The van der Waals surface area contributed by atoms with Crippen LogP contribution in [0.3, 0.4) is 0 Å². The summed E-state index contributed by atoms with van der Waals surface area (Å²) in [6.45, 7) is 0.458. The lowest BCUT2D eigenvalue weighted by molar-refractivity contribution is -0.118. The molecule has 1 amide bonds. The minimum atomic E-state index is 0.0202. The molecule has 0 radical (unpaired) electrons. The number of amides is 1. The average molecular weight is 428 g/mol. The van der Waals surface area contributed by atoms with E-state index in [9.17, 15) is 4.79 Å². The van der Waals surface area contributed by atoms with Crippen LogP contribution in [0.1, 0.15) is 29.0 Å². The van der Waals surface area contributed by atoms with Crippen molar-refractivity contribution in [1.29, 1.82) is 0 Å². The van der Waals surface area contributed by atoms with E-state index in [2.05, 4.69) is 42.5 Å². The molecule has 0 aromatic heterocycles. The predicted octanol–water partition coefficient (Wildman–Crippen LogP) is 6.57. The molecule has 154 valence electrons. The first-order valence-corrected chi connectivity index (χ1v) is 10.7. The molecule has 1 unspecified atom stereocenters. The third kappa shape index (κ3) is 3.77. The molecule has 4 aromatic carbocycles. The van der Waals surface area contributed by atoms with E-state index in [1.54, 1.807) is 4.90 Å². The molecule has 0 N–H and O–H groups in total. The van der Waals surface area contributed by atoms with Crippen molar-refractivity contribution < 1.29 is 9.53 Å². The van der Waals surface area contributed by atoms with Gasteiger partial charge >= 0.3 is 0 Å². The molecule has 4 aromatic rings. The van der Waals surface area contributed by atoms with E-state index in [-0.39, 0.29) is 11.8 Å². The molecule has 0 spiro atoms. The number of hydrogen-bond acceptors (Lipinski definition) is 2. The van der Waals surface area contributed by atoms with Gasteiger partial charge in [0.1, 0.15) is 12.4 Å². The van der Waals surface area contributed by atoms with Crippen molar-refractivity contribution in [3.63, 3.8) is 0 Å². The van der Waals surface area contributed by atoms with Gasteiger partial charge in [-0.25, -0.2) is 0 Å². The van der Waals surface area contributed by atoms with Crippen LogP contribution in [-0.2, 0) is 11.4 Å². The van der Waals surface area contributed by atoms with Crippen molar-refractivity contribution in [2.45, 2.75) is 18.9 Å². The number of fused-ring (bicyclic) bond motifs is 3. The summed E-state index contributed by atoms with van der Waals surface area (Å²) >= 11 is 6.05. The maximum Gasteiger partial charge on any atom is 0.227 e. The van der Waals surface area contributed by atoms with Crippen molar-refractivity contribution in [2.24, 2.45) is 0 Å². The molecule has 1 atom stereocenters. The summed E-state index contributed by atoms with van der Waals surface area (Å²) in [5.74, 6) is 0.946. The van der Waals surface area contributed by atoms with Crippen LogP contribution >= 0.6 is 11.6 Å². The number of hydrogen-bond donors (Lipinski definition) is 0. The van der Waals surface area contributed by atoms with Crippen molar-refractivity contribution in [2.75, 3.05) is 11.9 Å². The average Bonchev–Trinajstić information content (AvgIpc) is 2.80. The van der Waals surface area contributed by atoms with Gasteiger partial charge < -0.3 is 9.64 Å². The Hall–Kier alpha value is -3.30. The third-order valence-electron chi connectivity index (χ3n) is 5.99. The highest BCUT2D eigenvalue weighted by Gasteiger charge is 2.31. The molecule has 0 fully saturated rings. The molecule has 31 heavy (non-hydrogen) atoms. The number of carbonyl (C=O) groups is 1. The van der Waals surface area contributed by atoms with Crippen molar-refractivity contribution in [1.82, 2.24) is 0 Å². The fourth-order valence-corrected chi connectivity index (χ4v) is 4.58. The Kier molecular flexibility index (Phi) is 5.13. The lowest BCUT2D eigenvalue weighted by atomic mass is 9.81. The quantitative estimate of drug-likeness (QED) is 0.368. The predicted molar refractivity (Wildman–Crippen MR) is 126 cm³/mol. The maximum atomic E-state index is 12.7. The molecule has 0 saturated heterocycles.